The Labute approximate surface area is 165 Å². The first-order chi connectivity index (χ1) is 14.2. The molecule has 2 aromatic heterocycles. The molecule has 5 rings (SSSR count). The van der Waals surface area contributed by atoms with Crippen molar-refractivity contribution in [3.8, 4) is 11.4 Å². The molecule has 0 unspecified atom stereocenters. The highest BCUT2D eigenvalue weighted by atomic mass is 16.2. The molecule has 0 atom stereocenters. The van der Waals surface area contributed by atoms with Crippen molar-refractivity contribution >= 4 is 33.5 Å². The van der Waals surface area contributed by atoms with Crippen molar-refractivity contribution in [2.45, 2.75) is 0 Å². The zero-order valence-corrected chi connectivity index (χ0v) is 15.3. The van der Waals surface area contributed by atoms with Crippen LogP contribution < -0.4 is 10.7 Å². The SMILES string of the molecule is O=C(Nc1ccc2nc(-c3ccccc3)[nH]c2c1)c1c[nH]c2ccccc2c1=O. The maximum absolute atomic E-state index is 12.7. The number of H-pyrrole nitrogens is 2. The number of imidazole rings is 1. The lowest BCUT2D eigenvalue weighted by atomic mass is 10.1. The molecule has 0 spiro atoms. The van der Waals surface area contributed by atoms with Gasteiger partial charge in [-0.05, 0) is 30.3 Å². The molecule has 0 aliphatic carbocycles. The molecule has 2 heterocycles. The molecule has 6 heteroatoms. The van der Waals surface area contributed by atoms with Gasteiger partial charge in [0.15, 0.2) is 0 Å². The largest absolute Gasteiger partial charge is 0.360 e. The highest BCUT2D eigenvalue weighted by Crippen LogP contribution is 2.23. The van der Waals surface area contributed by atoms with E-state index >= 15 is 0 Å². The van der Waals surface area contributed by atoms with Gasteiger partial charge in [-0.15, -0.1) is 0 Å². The summed E-state index contributed by atoms with van der Waals surface area (Å²) in [6.07, 6.45) is 1.45. The number of para-hydroxylation sites is 1. The van der Waals surface area contributed by atoms with Crippen molar-refractivity contribution in [3.63, 3.8) is 0 Å². The van der Waals surface area contributed by atoms with Gasteiger partial charge in [-0.1, -0.05) is 42.5 Å². The summed E-state index contributed by atoms with van der Waals surface area (Å²) in [6, 6.07) is 22.3. The number of hydrogen-bond acceptors (Lipinski definition) is 3. The minimum Gasteiger partial charge on any atom is -0.360 e. The zero-order chi connectivity index (χ0) is 19.8. The van der Waals surface area contributed by atoms with Crippen LogP contribution in [0.1, 0.15) is 10.4 Å². The second-order valence-electron chi connectivity index (χ2n) is 6.71. The molecule has 3 N–H and O–H groups in total. The number of rotatable bonds is 3. The summed E-state index contributed by atoms with van der Waals surface area (Å²) in [5.74, 6) is 0.300. The van der Waals surface area contributed by atoms with E-state index in [1.807, 2.05) is 48.5 Å². The van der Waals surface area contributed by atoms with E-state index in [1.165, 1.54) is 6.20 Å². The minimum absolute atomic E-state index is 0.0679. The number of nitrogens with one attached hydrogen (secondary N) is 3. The summed E-state index contributed by atoms with van der Waals surface area (Å²) in [6.45, 7) is 0. The van der Waals surface area contributed by atoms with Crippen LogP contribution in [0.15, 0.2) is 83.8 Å². The average Bonchev–Trinajstić information content (AvgIpc) is 3.18. The fourth-order valence-corrected chi connectivity index (χ4v) is 3.35. The molecular formula is C23H16N4O2. The lowest BCUT2D eigenvalue weighted by molar-refractivity contribution is 0.102. The highest BCUT2D eigenvalue weighted by Gasteiger charge is 2.14. The fourth-order valence-electron chi connectivity index (χ4n) is 3.35. The van der Waals surface area contributed by atoms with E-state index in [0.717, 1.165) is 22.4 Å². The van der Waals surface area contributed by atoms with E-state index < -0.39 is 5.91 Å². The average molecular weight is 380 g/mol. The number of benzene rings is 3. The number of nitrogens with zero attached hydrogens (tertiary/aromatic N) is 1. The van der Waals surface area contributed by atoms with E-state index in [0.29, 0.717) is 16.6 Å². The molecule has 29 heavy (non-hydrogen) atoms. The van der Waals surface area contributed by atoms with Gasteiger partial charge in [-0.2, -0.15) is 0 Å². The predicted molar refractivity (Wildman–Crippen MR) is 114 cm³/mol. The fraction of sp³-hybridized carbons (Fsp3) is 0. The van der Waals surface area contributed by atoms with Crippen LogP contribution in [0.2, 0.25) is 0 Å². The van der Waals surface area contributed by atoms with Crippen LogP contribution in [-0.4, -0.2) is 20.9 Å². The lowest BCUT2D eigenvalue weighted by Gasteiger charge is -2.06. The van der Waals surface area contributed by atoms with Gasteiger partial charge in [0.05, 0.1) is 11.0 Å². The summed E-state index contributed by atoms with van der Waals surface area (Å²) in [5.41, 5.74) is 3.63. The number of aromatic amines is 2. The van der Waals surface area contributed by atoms with Gasteiger partial charge in [-0.25, -0.2) is 4.98 Å². The summed E-state index contributed by atoms with van der Waals surface area (Å²) in [4.78, 5) is 36.2. The molecule has 0 aliphatic heterocycles. The van der Waals surface area contributed by atoms with Gasteiger partial charge in [0.2, 0.25) is 5.43 Å². The van der Waals surface area contributed by atoms with Crippen molar-refractivity contribution in [3.05, 3.63) is 94.8 Å². The molecule has 6 nitrogen and oxygen atoms in total. The van der Waals surface area contributed by atoms with Gasteiger partial charge in [0.25, 0.3) is 5.91 Å². The van der Waals surface area contributed by atoms with E-state index in [9.17, 15) is 9.59 Å². The summed E-state index contributed by atoms with van der Waals surface area (Å²) in [7, 11) is 0. The van der Waals surface area contributed by atoms with E-state index in [2.05, 4.69) is 20.3 Å². The van der Waals surface area contributed by atoms with Crippen LogP contribution in [-0.2, 0) is 0 Å². The summed E-state index contributed by atoms with van der Waals surface area (Å²) in [5, 5.41) is 3.28. The molecule has 0 saturated heterocycles. The van der Waals surface area contributed by atoms with Crippen molar-refractivity contribution in [2.75, 3.05) is 5.32 Å². The van der Waals surface area contributed by atoms with Crippen LogP contribution in [0.5, 0.6) is 0 Å². The van der Waals surface area contributed by atoms with Crippen molar-refractivity contribution in [2.24, 2.45) is 0 Å². The second-order valence-corrected chi connectivity index (χ2v) is 6.71. The first-order valence-electron chi connectivity index (χ1n) is 9.16. The molecule has 1 amide bonds. The minimum atomic E-state index is -0.459. The third-order valence-corrected chi connectivity index (χ3v) is 4.82. The number of hydrogen-bond donors (Lipinski definition) is 3. The maximum Gasteiger partial charge on any atom is 0.261 e. The van der Waals surface area contributed by atoms with Crippen LogP contribution in [0, 0.1) is 0 Å². The third-order valence-electron chi connectivity index (χ3n) is 4.82. The van der Waals surface area contributed by atoms with E-state index in [4.69, 9.17) is 0 Å². The van der Waals surface area contributed by atoms with E-state index in [1.54, 1.807) is 24.3 Å². The number of anilines is 1. The van der Waals surface area contributed by atoms with Crippen LogP contribution in [0.4, 0.5) is 5.69 Å². The molecular weight excluding hydrogens is 364 g/mol. The Balaban J connectivity index is 1.46. The summed E-state index contributed by atoms with van der Waals surface area (Å²) >= 11 is 0. The third kappa shape index (κ3) is 3.06. The van der Waals surface area contributed by atoms with Crippen molar-refractivity contribution in [1.82, 2.24) is 15.0 Å². The Bertz CT molecular complexity index is 1420. The Morgan fingerprint density at radius 1 is 0.897 bits per heavy atom. The monoisotopic (exact) mass is 380 g/mol. The number of carbonyl (C=O) groups is 1. The molecule has 3 aromatic carbocycles. The van der Waals surface area contributed by atoms with Gasteiger partial charge >= 0.3 is 0 Å². The van der Waals surface area contributed by atoms with Gasteiger partial charge < -0.3 is 15.3 Å². The van der Waals surface area contributed by atoms with Crippen LogP contribution >= 0.6 is 0 Å². The van der Waals surface area contributed by atoms with Crippen molar-refractivity contribution < 1.29 is 4.79 Å². The van der Waals surface area contributed by atoms with Gasteiger partial charge in [0.1, 0.15) is 11.4 Å². The zero-order valence-electron chi connectivity index (χ0n) is 15.3. The smallest absolute Gasteiger partial charge is 0.261 e. The molecule has 140 valence electrons. The van der Waals surface area contributed by atoms with E-state index in [-0.39, 0.29) is 11.0 Å². The normalized spacial score (nSPS) is 11.0. The Hall–Kier alpha value is -4.19. The number of aromatic nitrogens is 3. The molecule has 0 aliphatic rings. The second kappa shape index (κ2) is 6.76. The van der Waals surface area contributed by atoms with Crippen molar-refractivity contribution in [1.29, 1.82) is 0 Å². The van der Waals surface area contributed by atoms with Crippen LogP contribution in [0.25, 0.3) is 33.3 Å². The summed E-state index contributed by atoms with van der Waals surface area (Å²) < 4.78 is 0. The quantitative estimate of drug-likeness (QED) is 0.435. The highest BCUT2D eigenvalue weighted by molar-refractivity contribution is 6.06. The van der Waals surface area contributed by atoms with Gasteiger partial charge in [-0.3, -0.25) is 9.59 Å². The predicted octanol–water partition coefficient (Wildman–Crippen LogP) is 4.32. The Kier molecular flexibility index (Phi) is 3.95. The molecule has 5 aromatic rings. The number of pyridine rings is 1. The Morgan fingerprint density at radius 3 is 2.55 bits per heavy atom. The van der Waals surface area contributed by atoms with Gasteiger partial charge in [0, 0.05) is 28.4 Å². The first kappa shape index (κ1) is 16.9. The standard InChI is InChI=1S/C23H16N4O2/c28-21-16-8-4-5-9-18(16)24-13-17(21)23(29)25-15-10-11-19-20(12-15)27-22(26-19)14-6-2-1-3-7-14/h1-13H,(H,24,28)(H,25,29)(H,26,27). The Morgan fingerprint density at radius 2 is 1.69 bits per heavy atom. The number of carbonyl (C=O) groups excluding carboxylic acids is 1. The topological polar surface area (TPSA) is 90.6 Å². The molecule has 0 fully saturated rings. The molecule has 0 radical (unpaired) electrons. The molecule has 0 bridgehead atoms. The molecule has 0 saturated carbocycles. The maximum atomic E-state index is 12.7. The van der Waals surface area contributed by atoms with Crippen LogP contribution in [0.3, 0.4) is 0 Å². The lowest BCUT2D eigenvalue weighted by Crippen LogP contribution is -2.21. The first-order valence-corrected chi connectivity index (χ1v) is 9.16. The number of fused-ring (bicyclic) bond motifs is 2. The number of amides is 1.